The van der Waals surface area contributed by atoms with Crippen molar-refractivity contribution in [3.8, 4) is 5.75 Å². The number of rotatable bonds is 3. The average Bonchev–Trinajstić information content (AvgIpc) is 2.86. The smallest absolute Gasteiger partial charge is 0.127 e. The fourth-order valence-corrected chi connectivity index (χ4v) is 2.77. The summed E-state index contributed by atoms with van der Waals surface area (Å²) in [6.45, 7) is 0.760. The molecule has 1 atom stereocenters. The first-order chi connectivity index (χ1) is 9.24. The fourth-order valence-electron chi connectivity index (χ4n) is 2.56. The van der Waals surface area contributed by atoms with Crippen LogP contribution < -0.4 is 10.5 Å². The van der Waals surface area contributed by atoms with Crippen molar-refractivity contribution in [3.63, 3.8) is 0 Å². The first-order valence-electron chi connectivity index (χ1n) is 6.48. The molecule has 98 valence electrons. The molecule has 0 saturated carbocycles. The summed E-state index contributed by atoms with van der Waals surface area (Å²) < 4.78 is 5.71. The van der Waals surface area contributed by atoms with Crippen LogP contribution in [-0.4, -0.2) is 6.61 Å². The Kier molecular flexibility index (Phi) is 3.45. The topological polar surface area (TPSA) is 35.2 Å². The standard InChI is InChI=1S/C16H16ClNO/c17-13-5-1-3-11(9-13)10-15(18)14-6-2-4-12-7-8-19-16(12)14/h1-6,9,15H,7-8,10,18H2. The summed E-state index contributed by atoms with van der Waals surface area (Å²) in [5.41, 5.74) is 9.83. The molecule has 0 spiro atoms. The number of ether oxygens (including phenoxy) is 1. The summed E-state index contributed by atoms with van der Waals surface area (Å²) in [5, 5.41) is 0.749. The first-order valence-corrected chi connectivity index (χ1v) is 6.86. The van der Waals surface area contributed by atoms with Gasteiger partial charge in [0.15, 0.2) is 0 Å². The molecule has 3 heteroatoms. The maximum atomic E-state index is 6.33. The Labute approximate surface area is 118 Å². The van der Waals surface area contributed by atoms with Crippen molar-refractivity contribution in [2.24, 2.45) is 5.73 Å². The third kappa shape index (κ3) is 2.60. The second-order valence-electron chi connectivity index (χ2n) is 4.87. The quantitative estimate of drug-likeness (QED) is 0.929. The molecule has 0 amide bonds. The minimum atomic E-state index is -0.0634. The third-order valence-corrected chi connectivity index (χ3v) is 3.72. The molecule has 2 aromatic carbocycles. The van der Waals surface area contributed by atoms with Crippen molar-refractivity contribution in [2.75, 3.05) is 6.61 Å². The molecule has 0 aromatic heterocycles. The number of fused-ring (bicyclic) bond motifs is 1. The van der Waals surface area contributed by atoms with E-state index in [0.29, 0.717) is 0 Å². The molecule has 2 N–H and O–H groups in total. The summed E-state index contributed by atoms with van der Waals surface area (Å²) in [7, 11) is 0. The lowest BCUT2D eigenvalue weighted by Crippen LogP contribution is -2.14. The van der Waals surface area contributed by atoms with Gasteiger partial charge in [0.25, 0.3) is 0 Å². The van der Waals surface area contributed by atoms with E-state index in [2.05, 4.69) is 24.3 Å². The van der Waals surface area contributed by atoms with Crippen molar-refractivity contribution in [2.45, 2.75) is 18.9 Å². The van der Waals surface area contributed by atoms with E-state index in [1.807, 2.05) is 18.2 Å². The van der Waals surface area contributed by atoms with E-state index in [1.165, 1.54) is 5.56 Å². The second-order valence-corrected chi connectivity index (χ2v) is 5.31. The fraction of sp³-hybridized carbons (Fsp3) is 0.250. The van der Waals surface area contributed by atoms with Crippen molar-refractivity contribution in [1.82, 2.24) is 0 Å². The Morgan fingerprint density at radius 3 is 2.89 bits per heavy atom. The highest BCUT2D eigenvalue weighted by molar-refractivity contribution is 6.30. The monoisotopic (exact) mass is 273 g/mol. The lowest BCUT2D eigenvalue weighted by Gasteiger charge is -2.15. The average molecular weight is 274 g/mol. The number of hydrogen-bond acceptors (Lipinski definition) is 2. The van der Waals surface area contributed by atoms with Crippen LogP contribution in [0, 0.1) is 0 Å². The molecule has 3 rings (SSSR count). The van der Waals surface area contributed by atoms with E-state index in [9.17, 15) is 0 Å². The Morgan fingerprint density at radius 2 is 2.05 bits per heavy atom. The Morgan fingerprint density at radius 1 is 1.21 bits per heavy atom. The Hall–Kier alpha value is -1.51. The van der Waals surface area contributed by atoms with Crippen molar-refractivity contribution < 1.29 is 4.74 Å². The van der Waals surface area contributed by atoms with E-state index < -0.39 is 0 Å². The maximum Gasteiger partial charge on any atom is 0.127 e. The Balaban J connectivity index is 1.85. The minimum Gasteiger partial charge on any atom is -0.493 e. The summed E-state index contributed by atoms with van der Waals surface area (Å²) in [4.78, 5) is 0. The Bertz CT molecular complexity index is 597. The molecule has 1 unspecified atom stereocenters. The predicted octanol–water partition coefficient (Wildman–Crippen LogP) is 3.52. The SMILES string of the molecule is NC(Cc1cccc(Cl)c1)c1cccc2c1OCC2. The van der Waals surface area contributed by atoms with Gasteiger partial charge in [-0.3, -0.25) is 0 Å². The number of para-hydroxylation sites is 1. The molecular weight excluding hydrogens is 258 g/mol. The predicted molar refractivity (Wildman–Crippen MR) is 77.7 cm³/mol. The van der Waals surface area contributed by atoms with Crippen LogP contribution >= 0.6 is 11.6 Å². The van der Waals surface area contributed by atoms with Crippen LogP contribution in [0.1, 0.15) is 22.7 Å². The van der Waals surface area contributed by atoms with Gasteiger partial charge in [0.2, 0.25) is 0 Å². The highest BCUT2D eigenvalue weighted by Gasteiger charge is 2.19. The van der Waals surface area contributed by atoms with Crippen LogP contribution in [0.3, 0.4) is 0 Å². The normalized spacial score (nSPS) is 14.8. The summed E-state index contributed by atoms with van der Waals surface area (Å²) >= 11 is 6.00. The van der Waals surface area contributed by atoms with Crippen LogP contribution in [0.15, 0.2) is 42.5 Å². The molecule has 1 aliphatic heterocycles. The number of nitrogens with two attached hydrogens (primary N) is 1. The minimum absolute atomic E-state index is 0.0634. The summed E-state index contributed by atoms with van der Waals surface area (Å²) in [6, 6.07) is 14.0. The second kappa shape index (κ2) is 5.24. The molecule has 0 radical (unpaired) electrons. The summed E-state index contributed by atoms with van der Waals surface area (Å²) in [5.74, 6) is 0.983. The van der Waals surface area contributed by atoms with Gasteiger partial charge >= 0.3 is 0 Å². The van der Waals surface area contributed by atoms with Gasteiger partial charge in [0, 0.05) is 23.0 Å². The van der Waals surface area contributed by atoms with Crippen LogP contribution in [0.5, 0.6) is 5.75 Å². The molecule has 2 nitrogen and oxygen atoms in total. The molecule has 1 heterocycles. The highest BCUT2D eigenvalue weighted by Crippen LogP contribution is 2.33. The van der Waals surface area contributed by atoms with Gasteiger partial charge in [-0.1, -0.05) is 41.9 Å². The largest absolute Gasteiger partial charge is 0.493 e. The summed E-state index contributed by atoms with van der Waals surface area (Å²) in [6.07, 6.45) is 1.74. The highest BCUT2D eigenvalue weighted by atomic mass is 35.5. The lowest BCUT2D eigenvalue weighted by atomic mass is 9.97. The van der Waals surface area contributed by atoms with Crippen LogP contribution in [0.2, 0.25) is 5.02 Å². The maximum absolute atomic E-state index is 6.33. The number of hydrogen-bond donors (Lipinski definition) is 1. The molecule has 0 saturated heterocycles. The number of halogens is 1. The van der Waals surface area contributed by atoms with Gasteiger partial charge in [-0.2, -0.15) is 0 Å². The van der Waals surface area contributed by atoms with Gasteiger partial charge in [-0.05, 0) is 29.7 Å². The molecule has 2 aromatic rings. The lowest BCUT2D eigenvalue weighted by molar-refractivity contribution is 0.351. The van der Waals surface area contributed by atoms with Gasteiger partial charge in [-0.25, -0.2) is 0 Å². The van der Waals surface area contributed by atoms with Crippen LogP contribution in [0.25, 0.3) is 0 Å². The van der Waals surface area contributed by atoms with E-state index in [1.54, 1.807) is 0 Å². The number of benzene rings is 2. The van der Waals surface area contributed by atoms with E-state index in [4.69, 9.17) is 22.1 Å². The molecule has 1 aliphatic rings. The van der Waals surface area contributed by atoms with E-state index >= 15 is 0 Å². The first kappa shape index (κ1) is 12.5. The molecule has 19 heavy (non-hydrogen) atoms. The zero-order valence-electron chi connectivity index (χ0n) is 10.6. The van der Waals surface area contributed by atoms with Gasteiger partial charge in [-0.15, -0.1) is 0 Å². The van der Waals surface area contributed by atoms with E-state index in [0.717, 1.165) is 41.3 Å². The van der Waals surface area contributed by atoms with Gasteiger partial charge in [0.1, 0.15) is 5.75 Å². The third-order valence-electron chi connectivity index (χ3n) is 3.49. The van der Waals surface area contributed by atoms with Gasteiger partial charge < -0.3 is 10.5 Å². The van der Waals surface area contributed by atoms with Gasteiger partial charge in [0.05, 0.1) is 6.61 Å². The molecule has 0 fully saturated rings. The molecular formula is C16H16ClNO. The van der Waals surface area contributed by atoms with Crippen molar-refractivity contribution in [1.29, 1.82) is 0 Å². The van der Waals surface area contributed by atoms with Crippen molar-refractivity contribution in [3.05, 3.63) is 64.2 Å². The van der Waals surface area contributed by atoms with Crippen LogP contribution in [-0.2, 0) is 12.8 Å². The van der Waals surface area contributed by atoms with Crippen molar-refractivity contribution >= 4 is 11.6 Å². The zero-order valence-corrected chi connectivity index (χ0v) is 11.4. The molecule has 0 bridgehead atoms. The zero-order chi connectivity index (χ0) is 13.2. The molecule has 0 aliphatic carbocycles. The van der Waals surface area contributed by atoms with Crippen LogP contribution in [0.4, 0.5) is 0 Å². The van der Waals surface area contributed by atoms with E-state index in [-0.39, 0.29) is 6.04 Å².